The van der Waals surface area contributed by atoms with Crippen LogP contribution in [-0.4, -0.2) is 0 Å². The Morgan fingerprint density at radius 1 is 0.333 bits per heavy atom. The van der Waals surface area contributed by atoms with Gasteiger partial charge in [0.05, 0.1) is 11.1 Å². The van der Waals surface area contributed by atoms with Gasteiger partial charge in [-0.3, -0.25) is 0 Å². The summed E-state index contributed by atoms with van der Waals surface area (Å²) < 4.78 is 6.84. The predicted molar refractivity (Wildman–Crippen MR) is 229 cm³/mol. The minimum atomic E-state index is 0.871. The Morgan fingerprint density at radius 3 is 1.44 bits per heavy atom. The van der Waals surface area contributed by atoms with Crippen LogP contribution in [0.15, 0.2) is 205 Å². The minimum absolute atomic E-state index is 0.871. The van der Waals surface area contributed by atoms with Crippen molar-refractivity contribution in [2.24, 2.45) is 0 Å². The lowest BCUT2D eigenvalue weighted by atomic mass is 9.96. The Labute approximate surface area is 312 Å². The van der Waals surface area contributed by atoms with Crippen LogP contribution in [-0.2, 0) is 0 Å². The van der Waals surface area contributed by atoms with Gasteiger partial charge in [0.25, 0.3) is 0 Å². The molecule has 252 valence electrons. The topological polar surface area (TPSA) is 16.4 Å². The van der Waals surface area contributed by atoms with E-state index in [0.717, 1.165) is 50.1 Å². The van der Waals surface area contributed by atoms with Gasteiger partial charge in [-0.25, -0.2) is 0 Å². The lowest BCUT2D eigenvalue weighted by Crippen LogP contribution is -2.10. The fourth-order valence-electron chi connectivity index (χ4n) is 8.38. The molecule has 0 unspecified atom stereocenters. The van der Waals surface area contributed by atoms with Crippen LogP contribution in [0.3, 0.4) is 0 Å². The van der Waals surface area contributed by atoms with Crippen LogP contribution in [0.2, 0.25) is 0 Å². The number of hydrogen-bond acceptors (Lipinski definition) is 2. The van der Waals surface area contributed by atoms with Crippen LogP contribution in [0.5, 0.6) is 0 Å². The van der Waals surface area contributed by atoms with Gasteiger partial charge in [-0.05, 0) is 102 Å². The smallest absolute Gasteiger partial charge is 0.145 e. The summed E-state index contributed by atoms with van der Waals surface area (Å²) in [5.41, 5.74) is 9.57. The Balaban J connectivity index is 1.18. The summed E-state index contributed by atoms with van der Waals surface area (Å²) in [6, 6.07) is 72.3. The molecule has 10 aromatic carbocycles. The van der Waals surface area contributed by atoms with Gasteiger partial charge < -0.3 is 9.32 Å². The van der Waals surface area contributed by atoms with E-state index in [1.807, 2.05) is 0 Å². The summed E-state index contributed by atoms with van der Waals surface area (Å²) in [6.45, 7) is 0. The molecule has 2 heteroatoms. The van der Waals surface area contributed by atoms with Crippen LogP contribution >= 0.6 is 0 Å². The van der Waals surface area contributed by atoms with Gasteiger partial charge in [-0.1, -0.05) is 158 Å². The molecule has 11 rings (SSSR count). The van der Waals surface area contributed by atoms with E-state index >= 15 is 0 Å². The number of fused-ring (bicyclic) bond motifs is 9. The summed E-state index contributed by atoms with van der Waals surface area (Å²) in [7, 11) is 0. The van der Waals surface area contributed by atoms with Crippen molar-refractivity contribution in [1.29, 1.82) is 0 Å². The summed E-state index contributed by atoms with van der Waals surface area (Å²) in [5, 5.41) is 12.0. The molecule has 0 bridgehead atoms. The van der Waals surface area contributed by atoms with Crippen LogP contribution in [0.25, 0.3) is 87.3 Å². The van der Waals surface area contributed by atoms with Crippen LogP contribution in [0, 0.1) is 0 Å². The first-order valence-electron chi connectivity index (χ1n) is 18.5. The van der Waals surface area contributed by atoms with E-state index in [2.05, 4.69) is 205 Å². The fraction of sp³-hybridized carbons (Fsp3) is 0. The van der Waals surface area contributed by atoms with Crippen molar-refractivity contribution in [1.82, 2.24) is 0 Å². The minimum Gasteiger partial charge on any atom is -0.455 e. The third-order valence-electron chi connectivity index (χ3n) is 11.0. The van der Waals surface area contributed by atoms with Crippen molar-refractivity contribution in [2.45, 2.75) is 0 Å². The number of furan rings is 1. The van der Waals surface area contributed by atoms with Crippen LogP contribution < -0.4 is 4.90 Å². The SMILES string of the molecule is c1ccc(-c2ccc(-c3ccc(N(c4ccc5ccc6ccccc6c5c4)c4ccc5ccc6ccccc6c5c4)c4c3oc3ccccc34)cc2)cc1. The van der Waals surface area contributed by atoms with Crippen molar-refractivity contribution in [3.05, 3.63) is 200 Å². The average Bonchev–Trinajstić information content (AvgIpc) is 3.64. The quantitative estimate of drug-likeness (QED) is 0.168. The first kappa shape index (κ1) is 30.5. The molecule has 0 spiro atoms. The molecule has 0 saturated carbocycles. The summed E-state index contributed by atoms with van der Waals surface area (Å²) in [5.74, 6) is 0. The van der Waals surface area contributed by atoms with Gasteiger partial charge in [0.1, 0.15) is 11.2 Å². The van der Waals surface area contributed by atoms with Crippen molar-refractivity contribution in [3.63, 3.8) is 0 Å². The van der Waals surface area contributed by atoms with Crippen molar-refractivity contribution >= 4 is 82.1 Å². The van der Waals surface area contributed by atoms with Gasteiger partial charge >= 0.3 is 0 Å². The number of para-hydroxylation sites is 1. The summed E-state index contributed by atoms with van der Waals surface area (Å²) in [4.78, 5) is 2.43. The average molecular weight is 688 g/mol. The molecule has 54 heavy (non-hydrogen) atoms. The monoisotopic (exact) mass is 687 g/mol. The zero-order valence-electron chi connectivity index (χ0n) is 29.4. The molecule has 0 aliphatic heterocycles. The number of benzene rings is 10. The predicted octanol–water partition coefficient (Wildman–Crippen LogP) is 15.0. The Morgan fingerprint density at radius 2 is 0.815 bits per heavy atom. The maximum atomic E-state index is 6.84. The zero-order valence-corrected chi connectivity index (χ0v) is 29.4. The van der Waals surface area contributed by atoms with Gasteiger partial charge in [0.2, 0.25) is 0 Å². The molecular formula is C52H33NO. The maximum Gasteiger partial charge on any atom is 0.145 e. The first-order chi connectivity index (χ1) is 26.8. The number of hydrogen-bond donors (Lipinski definition) is 0. The maximum absolute atomic E-state index is 6.84. The summed E-state index contributed by atoms with van der Waals surface area (Å²) in [6.07, 6.45) is 0. The number of anilines is 3. The molecule has 1 aromatic heterocycles. The highest BCUT2D eigenvalue weighted by molar-refractivity contribution is 6.18. The van der Waals surface area contributed by atoms with Crippen LogP contribution in [0.1, 0.15) is 0 Å². The van der Waals surface area contributed by atoms with Crippen molar-refractivity contribution in [3.8, 4) is 22.3 Å². The van der Waals surface area contributed by atoms with Crippen molar-refractivity contribution < 1.29 is 4.42 Å². The van der Waals surface area contributed by atoms with Crippen molar-refractivity contribution in [2.75, 3.05) is 4.90 Å². The second-order valence-electron chi connectivity index (χ2n) is 14.1. The van der Waals surface area contributed by atoms with Gasteiger partial charge in [-0.15, -0.1) is 0 Å². The normalized spacial score (nSPS) is 11.7. The third kappa shape index (κ3) is 4.88. The molecule has 1 heterocycles. The van der Waals surface area contributed by atoms with E-state index in [1.165, 1.54) is 54.2 Å². The lowest BCUT2D eigenvalue weighted by Gasteiger charge is -2.27. The highest BCUT2D eigenvalue weighted by Crippen LogP contribution is 2.47. The van der Waals surface area contributed by atoms with E-state index in [1.54, 1.807) is 0 Å². The second kappa shape index (κ2) is 12.2. The number of nitrogens with zero attached hydrogens (tertiary/aromatic N) is 1. The third-order valence-corrected chi connectivity index (χ3v) is 11.0. The molecule has 0 saturated heterocycles. The van der Waals surface area contributed by atoms with Gasteiger partial charge in [0, 0.05) is 22.3 Å². The zero-order chi connectivity index (χ0) is 35.6. The Bertz CT molecular complexity index is 3090. The molecule has 0 N–H and O–H groups in total. The Kier molecular flexibility index (Phi) is 6.90. The highest BCUT2D eigenvalue weighted by Gasteiger charge is 2.23. The molecular weight excluding hydrogens is 655 g/mol. The molecule has 0 radical (unpaired) electrons. The van der Waals surface area contributed by atoms with E-state index in [9.17, 15) is 0 Å². The lowest BCUT2D eigenvalue weighted by molar-refractivity contribution is 0.670. The second-order valence-corrected chi connectivity index (χ2v) is 14.1. The fourth-order valence-corrected chi connectivity index (χ4v) is 8.38. The first-order valence-corrected chi connectivity index (χ1v) is 18.5. The molecule has 2 nitrogen and oxygen atoms in total. The molecule has 0 amide bonds. The Hall–Kier alpha value is -7.16. The van der Waals surface area contributed by atoms with E-state index in [4.69, 9.17) is 4.42 Å². The van der Waals surface area contributed by atoms with Gasteiger partial charge in [0.15, 0.2) is 0 Å². The largest absolute Gasteiger partial charge is 0.455 e. The van der Waals surface area contributed by atoms with E-state index in [0.29, 0.717) is 0 Å². The number of rotatable bonds is 5. The van der Waals surface area contributed by atoms with E-state index in [-0.39, 0.29) is 0 Å². The molecule has 0 aliphatic carbocycles. The van der Waals surface area contributed by atoms with Crippen LogP contribution in [0.4, 0.5) is 17.1 Å². The highest BCUT2D eigenvalue weighted by atomic mass is 16.3. The molecule has 0 aliphatic rings. The molecule has 11 aromatic rings. The molecule has 0 fully saturated rings. The van der Waals surface area contributed by atoms with E-state index < -0.39 is 0 Å². The standard InChI is InChI=1S/C52H33NO/c1-2-10-34(11-3-1)35-18-20-38(21-19-35)45-30-31-49(51-46-16-8-9-17-50(46)54-52(45)51)53(41-28-26-39-24-22-36-12-4-6-14-43(36)47(39)32-41)42-29-27-40-25-23-37-13-5-7-15-44(37)48(40)33-42/h1-33H. The van der Waals surface area contributed by atoms with Gasteiger partial charge in [-0.2, -0.15) is 0 Å². The summed E-state index contributed by atoms with van der Waals surface area (Å²) >= 11 is 0. The molecule has 0 atom stereocenters.